The van der Waals surface area contributed by atoms with Crippen molar-refractivity contribution in [3.63, 3.8) is 0 Å². The lowest BCUT2D eigenvalue weighted by Gasteiger charge is -2.14. The number of ether oxygens (including phenoxy) is 1. The van der Waals surface area contributed by atoms with Gasteiger partial charge in [0.2, 0.25) is 0 Å². The number of halogens is 5. The third kappa shape index (κ3) is 4.90. The number of esters is 1. The molecule has 0 atom stereocenters. The molecule has 3 aromatic carbocycles. The summed E-state index contributed by atoms with van der Waals surface area (Å²) in [5, 5.41) is 5.46. The van der Waals surface area contributed by atoms with Gasteiger partial charge in [0.1, 0.15) is 22.6 Å². The Kier molecular flexibility index (Phi) is 6.78. The zero-order valence-corrected chi connectivity index (χ0v) is 23.3. The Morgan fingerprint density at radius 2 is 1.74 bits per heavy atom. The number of hydrogen-bond acceptors (Lipinski definition) is 7. The van der Waals surface area contributed by atoms with Crippen molar-refractivity contribution in [2.24, 2.45) is 4.99 Å². The molecule has 0 radical (unpaired) electrons. The van der Waals surface area contributed by atoms with Gasteiger partial charge in [-0.1, -0.05) is 41.4 Å². The number of furan rings is 1. The molecule has 1 aliphatic rings. The van der Waals surface area contributed by atoms with Crippen LogP contribution in [-0.4, -0.2) is 46.8 Å². The zero-order valence-electron chi connectivity index (χ0n) is 21.8. The molecule has 0 amide bonds. The Bertz CT molecular complexity index is 1910. The second-order valence-electron chi connectivity index (χ2n) is 9.38. The highest BCUT2D eigenvalue weighted by Crippen LogP contribution is 2.42. The number of aliphatic imine (C=N–C) groups is 1. The van der Waals surface area contributed by atoms with Gasteiger partial charge in [0.15, 0.2) is 23.1 Å². The van der Waals surface area contributed by atoms with Crippen LogP contribution in [0, 0.1) is 0 Å². The minimum absolute atomic E-state index is 0.0283. The molecule has 8 nitrogen and oxygen atoms in total. The molecule has 212 valence electrons. The first-order chi connectivity index (χ1) is 20.0. The molecule has 3 heterocycles. The maximum atomic E-state index is 14.8. The number of fused-ring (bicyclic) bond motifs is 2. The van der Waals surface area contributed by atoms with Crippen LogP contribution in [0.15, 0.2) is 88.0 Å². The number of nitrogens with zero attached hydrogens (tertiary/aromatic N) is 5. The van der Waals surface area contributed by atoms with Gasteiger partial charge in [-0.2, -0.15) is 17.9 Å². The number of hydrogen-bond donors (Lipinski definition) is 0. The van der Waals surface area contributed by atoms with E-state index in [0.29, 0.717) is 10.9 Å². The Morgan fingerprint density at radius 1 is 1.02 bits per heavy atom. The quantitative estimate of drug-likeness (QED) is 0.150. The van der Waals surface area contributed by atoms with E-state index in [2.05, 4.69) is 15.1 Å². The van der Waals surface area contributed by atoms with Gasteiger partial charge in [-0.15, -0.1) is 5.10 Å². The van der Waals surface area contributed by atoms with Gasteiger partial charge in [0.25, 0.3) is 0 Å². The zero-order chi connectivity index (χ0) is 29.8. The van der Waals surface area contributed by atoms with E-state index in [0.717, 1.165) is 10.4 Å². The lowest BCUT2D eigenvalue weighted by atomic mass is 10.1. The smallest absolute Gasteiger partial charge is 0.421 e. The highest BCUT2D eigenvalue weighted by molar-refractivity contribution is 6.35. The molecule has 0 N–H and O–H groups in total. The highest BCUT2D eigenvalue weighted by atomic mass is 35.5. The van der Waals surface area contributed by atoms with Crippen LogP contribution in [0.5, 0.6) is 5.75 Å². The van der Waals surface area contributed by atoms with Crippen LogP contribution in [0.1, 0.15) is 5.82 Å². The van der Waals surface area contributed by atoms with E-state index in [1.165, 1.54) is 42.7 Å². The fourth-order valence-corrected chi connectivity index (χ4v) is 5.12. The van der Waals surface area contributed by atoms with Crippen molar-refractivity contribution in [3.05, 3.63) is 94.4 Å². The van der Waals surface area contributed by atoms with E-state index in [9.17, 15) is 18.0 Å². The summed E-state index contributed by atoms with van der Waals surface area (Å²) in [7, 11) is 3.65. The largest absolute Gasteiger partial charge is 0.462 e. The first-order valence-electron chi connectivity index (χ1n) is 12.3. The van der Waals surface area contributed by atoms with E-state index >= 15 is 0 Å². The summed E-state index contributed by atoms with van der Waals surface area (Å²) >= 11 is 12.3. The predicted octanol–water partition coefficient (Wildman–Crippen LogP) is 7.58. The average Bonchev–Trinajstić information content (AvgIpc) is 3.64. The molecule has 0 aliphatic carbocycles. The lowest BCUT2D eigenvalue weighted by Crippen LogP contribution is -2.24. The summed E-state index contributed by atoms with van der Waals surface area (Å²) in [4.78, 5) is 23.9. The molecular weight excluding hydrogens is 594 g/mol. The summed E-state index contributed by atoms with van der Waals surface area (Å²) in [5.41, 5.74) is -0.776. The fourth-order valence-electron chi connectivity index (χ4n) is 4.59. The summed E-state index contributed by atoms with van der Waals surface area (Å²) in [6.45, 7) is 0. The first kappa shape index (κ1) is 27.6. The molecule has 5 aromatic rings. The van der Waals surface area contributed by atoms with Crippen molar-refractivity contribution in [3.8, 4) is 17.1 Å². The maximum absolute atomic E-state index is 14.8. The molecule has 2 aromatic heterocycles. The minimum Gasteiger partial charge on any atom is -0.462 e. The van der Waals surface area contributed by atoms with Crippen molar-refractivity contribution in [2.45, 2.75) is 6.18 Å². The normalized spacial score (nSPS) is 14.1. The van der Waals surface area contributed by atoms with E-state index in [1.807, 2.05) is 19.0 Å². The molecule has 0 spiro atoms. The van der Waals surface area contributed by atoms with Gasteiger partial charge in [-0.25, -0.2) is 14.8 Å². The maximum Gasteiger partial charge on any atom is 0.421 e. The number of alkyl halides is 3. The topological polar surface area (TPSA) is 85.8 Å². The van der Waals surface area contributed by atoms with Gasteiger partial charge in [0.05, 0.1) is 6.26 Å². The van der Waals surface area contributed by atoms with Crippen molar-refractivity contribution in [1.82, 2.24) is 14.8 Å². The summed E-state index contributed by atoms with van der Waals surface area (Å²) in [5.74, 6) is -2.35. The van der Waals surface area contributed by atoms with Crippen molar-refractivity contribution in [1.29, 1.82) is 0 Å². The summed E-state index contributed by atoms with van der Waals surface area (Å²) in [6, 6.07) is 17.1. The number of aromatic nitrogens is 3. The molecule has 6 rings (SSSR count). The van der Waals surface area contributed by atoms with E-state index < -0.39 is 35.0 Å². The van der Waals surface area contributed by atoms with Crippen molar-refractivity contribution >= 4 is 62.9 Å². The predicted molar refractivity (Wildman–Crippen MR) is 154 cm³/mol. The number of benzene rings is 3. The van der Waals surface area contributed by atoms with E-state index in [1.54, 1.807) is 30.3 Å². The van der Waals surface area contributed by atoms with Crippen LogP contribution in [0.4, 0.5) is 24.5 Å². The van der Waals surface area contributed by atoms with Gasteiger partial charge >= 0.3 is 12.1 Å². The van der Waals surface area contributed by atoms with Crippen LogP contribution in [0.25, 0.3) is 27.9 Å². The number of para-hydroxylation sites is 1. The van der Waals surface area contributed by atoms with E-state index in [4.69, 9.17) is 32.4 Å². The Balaban J connectivity index is 1.60. The highest BCUT2D eigenvalue weighted by Gasteiger charge is 2.50. The molecule has 13 heteroatoms. The summed E-state index contributed by atoms with van der Waals surface area (Å²) in [6.07, 6.45) is -3.63. The van der Waals surface area contributed by atoms with Crippen LogP contribution in [0.2, 0.25) is 10.0 Å². The molecular formula is C29H18Cl2F3N5O3. The van der Waals surface area contributed by atoms with Gasteiger partial charge in [0, 0.05) is 40.8 Å². The third-order valence-corrected chi connectivity index (χ3v) is 6.78. The Hall–Kier alpha value is -4.61. The monoisotopic (exact) mass is 611 g/mol. The van der Waals surface area contributed by atoms with Crippen LogP contribution < -0.4 is 9.64 Å². The first-order valence-corrected chi connectivity index (χ1v) is 13.1. The van der Waals surface area contributed by atoms with Gasteiger partial charge < -0.3 is 14.1 Å². The number of carbonyl (C=O) groups is 1. The molecule has 0 bridgehead atoms. The van der Waals surface area contributed by atoms with E-state index in [-0.39, 0.29) is 32.9 Å². The lowest BCUT2D eigenvalue weighted by molar-refractivity contribution is -0.128. The van der Waals surface area contributed by atoms with Crippen LogP contribution in [0.3, 0.4) is 0 Å². The average molecular weight is 612 g/mol. The summed E-state index contributed by atoms with van der Waals surface area (Å²) < 4.78 is 56.1. The molecule has 0 saturated carbocycles. The fraction of sp³-hybridized carbons (Fsp3) is 0.103. The second-order valence-corrected chi connectivity index (χ2v) is 10.2. The Labute approximate surface area is 246 Å². The molecule has 0 unspecified atom stereocenters. The van der Waals surface area contributed by atoms with Gasteiger partial charge in [-0.05, 0) is 48.5 Å². The Morgan fingerprint density at radius 3 is 2.40 bits per heavy atom. The number of rotatable bonds is 5. The molecule has 1 aliphatic heterocycles. The number of allylic oxidation sites excluding steroid dienone is 1. The third-order valence-electron chi connectivity index (χ3n) is 6.35. The second kappa shape index (κ2) is 10.3. The number of carbonyl (C=O) groups excluding carboxylic acids is 1. The van der Waals surface area contributed by atoms with Crippen LogP contribution >= 0.6 is 23.2 Å². The SMILES string of the molecule is CN(C)c1ccc(N=C2C(C(F)(F)F)=C(C(=O)Oc3ccccc3)c3nc(-c4cc(Cl)cc(Cl)c4)nn32)c2occc12. The molecule has 0 saturated heterocycles. The van der Waals surface area contributed by atoms with Crippen molar-refractivity contribution in [2.75, 3.05) is 19.0 Å². The molecule has 0 fully saturated rings. The van der Waals surface area contributed by atoms with Crippen molar-refractivity contribution < 1.29 is 27.1 Å². The van der Waals surface area contributed by atoms with Gasteiger partial charge in [-0.3, -0.25) is 0 Å². The standard InChI is InChI=1S/C29H18Cl2F3N5O3/c1-38(2)21-9-8-20(24-19(21)10-11-41-24)35-27-23(29(32,33)34)22(28(40)42-18-6-4-3-5-7-18)26-36-25(37-39(26)27)15-12-16(30)14-17(31)13-15/h3-14H,1-2H3. The molecule has 42 heavy (non-hydrogen) atoms. The number of anilines is 1. The minimum atomic E-state index is -5.04. The van der Waals surface area contributed by atoms with Crippen LogP contribution in [-0.2, 0) is 4.79 Å².